The van der Waals surface area contributed by atoms with Gasteiger partial charge in [0.1, 0.15) is 12.7 Å². The molecule has 23 heavy (non-hydrogen) atoms. The van der Waals surface area contributed by atoms with Crippen molar-refractivity contribution in [1.29, 1.82) is 0 Å². The standard InChI is InChI=1S/C15H21BrN6O/c1-15(2,8-21(3)4)7-18-14(23)11-5-12(16)13(17-6-11)22-9-19-20-10-22/h5-6,9-10H,7-8H2,1-4H3,(H,18,23). The van der Waals surface area contributed by atoms with Crippen molar-refractivity contribution in [3.8, 4) is 5.82 Å². The Morgan fingerprint density at radius 3 is 2.57 bits per heavy atom. The van der Waals surface area contributed by atoms with Crippen molar-refractivity contribution in [3.05, 3.63) is 35.0 Å². The number of halogens is 1. The van der Waals surface area contributed by atoms with Crippen molar-refractivity contribution in [1.82, 2.24) is 30.0 Å². The minimum Gasteiger partial charge on any atom is -0.351 e. The molecule has 0 bridgehead atoms. The number of carbonyl (C=O) groups is 1. The molecule has 0 aliphatic heterocycles. The first kappa shape index (κ1) is 17.6. The van der Waals surface area contributed by atoms with Crippen molar-refractivity contribution in [2.75, 3.05) is 27.2 Å². The maximum absolute atomic E-state index is 12.3. The molecule has 0 atom stereocenters. The van der Waals surface area contributed by atoms with Crippen LogP contribution in [0.15, 0.2) is 29.4 Å². The van der Waals surface area contributed by atoms with Crippen molar-refractivity contribution in [3.63, 3.8) is 0 Å². The maximum atomic E-state index is 12.3. The van der Waals surface area contributed by atoms with Crippen LogP contribution in [0.2, 0.25) is 0 Å². The summed E-state index contributed by atoms with van der Waals surface area (Å²) in [6, 6.07) is 1.75. The van der Waals surface area contributed by atoms with Gasteiger partial charge in [-0.15, -0.1) is 10.2 Å². The zero-order valence-corrected chi connectivity index (χ0v) is 15.3. The van der Waals surface area contributed by atoms with Crippen molar-refractivity contribution in [2.45, 2.75) is 13.8 Å². The highest BCUT2D eigenvalue weighted by atomic mass is 79.9. The van der Waals surface area contributed by atoms with E-state index in [0.717, 1.165) is 6.54 Å². The normalized spacial score (nSPS) is 11.7. The highest BCUT2D eigenvalue weighted by Crippen LogP contribution is 2.20. The predicted octanol–water partition coefficient (Wildman–Crippen LogP) is 1.74. The highest BCUT2D eigenvalue weighted by molar-refractivity contribution is 9.10. The lowest BCUT2D eigenvalue weighted by Gasteiger charge is -2.28. The molecule has 2 aromatic rings. The van der Waals surface area contributed by atoms with E-state index in [2.05, 4.69) is 55.2 Å². The molecule has 2 aromatic heterocycles. The van der Waals surface area contributed by atoms with Crippen LogP contribution in [-0.4, -0.2) is 57.7 Å². The Morgan fingerprint density at radius 2 is 2.00 bits per heavy atom. The van der Waals surface area contributed by atoms with Crippen LogP contribution in [0, 0.1) is 5.41 Å². The number of amides is 1. The molecule has 0 fully saturated rings. The molecule has 124 valence electrons. The highest BCUT2D eigenvalue weighted by Gasteiger charge is 2.20. The van der Waals surface area contributed by atoms with Gasteiger partial charge in [0.05, 0.1) is 10.0 Å². The topological polar surface area (TPSA) is 75.9 Å². The van der Waals surface area contributed by atoms with Crippen molar-refractivity contribution >= 4 is 21.8 Å². The van der Waals surface area contributed by atoms with Gasteiger partial charge in [-0.25, -0.2) is 4.98 Å². The minimum atomic E-state index is -0.139. The SMILES string of the molecule is CN(C)CC(C)(C)CNC(=O)c1cnc(-n2cnnc2)c(Br)c1. The quantitative estimate of drug-likeness (QED) is 0.825. The van der Waals surface area contributed by atoms with Gasteiger partial charge >= 0.3 is 0 Å². The van der Waals surface area contributed by atoms with Gasteiger partial charge in [0.25, 0.3) is 5.91 Å². The number of nitrogens with one attached hydrogen (secondary N) is 1. The molecule has 0 aliphatic carbocycles. The molecule has 2 rings (SSSR count). The van der Waals surface area contributed by atoms with E-state index in [4.69, 9.17) is 0 Å². The second-order valence-electron chi connectivity index (χ2n) is 6.48. The maximum Gasteiger partial charge on any atom is 0.252 e. The summed E-state index contributed by atoms with van der Waals surface area (Å²) in [6.45, 7) is 5.73. The monoisotopic (exact) mass is 380 g/mol. The fourth-order valence-electron chi connectivity index (χ4n) is 2.39. The molecule has 0 spiro atoms. The smallest absolute Gasteiger partial charge is 0.252 e. The van der Waals surface area contributed by atoms with Gasteiger partial charge in [-0.1, -0.05) is 13.8 Å². The van der Waals surface area contributed by atoms with E-state index < -0.39 is 0 Å². The summed E-state index contributed by atoms with van der Waals surface area (Å²) < 4.78 is 2.38. The summed E-state index contributed by atoms with van der Waals surface area (Å²) in [4.78, 5) is 18.7. The molecule has 1 amide bonds. The molecule has 2 heterocycles. The minimum absolute atomic E-state index is 0.00770. The third-order valence-corrected chi connectivity index (χ3v) is 3.80. The molecule has 1 N–H and O–H groups in total. The Labute approximate surface area is 144 Å². The molecule has 8 heteroatoms. The van der Waals surface area contributed by atoms with Crippen LogP contribution in [-0.2, 0) is 0 Å². The summed E-state index contributed by atoms with van der Waals surface area (Å²) in [5.41, 5.74) is 0.501. The van der Waals surface area contributed by atoms with E-state index in [1.807, 2.05) is 14.1 Å². The average molecular weight is 381 g/mol. The summed E-state index contributed by atoms with van der Waals surface area (Å²) in [5.74, 6) is 0.500. The Bertz CT molecular complexity index is 669. The molecule has 0 aliphatic rings. The Hall–Kier alpha value is -1.80. The van der Waals surface area contributed by atoms with E-state index >= 15 is 0 Å². The Kier molecular flexibility index (Phi) is 5.48. The number of carbonyl (C=O) groups excluding carboxylic acids is 1. The average Bonchev–Trinajstić information content (AvgIpc) is 2.97. The molecule has 0 unspecified atom stereocenters. The number of hydrogen-bond acceptors (Lipinski definition) is 5. The molecule has 7 nitrogen and oxygen atoms in total. The van der Waals surface area contributed by atoms with Crippen molar-refractivity contribution in [2.24, 2.45) is 5.41 Å². The van der Waals surface area contributed by atoms with Gasteiger partial charge in [0.2, 0.25) is 0 Å². The van der Waals surface area contributed by atoms with Gasteiger partial charge in [-0.05, 0) is 41.5 Å². The first-order valence-electron chi connectivity index (χ1n) is 7.22. The van der Waals surface area contributed by atoms with E-state index in [0.29, 0.717) is 22.4 Å². The Morgan fingerprint density at radius 1 is 1.35 bits per heavy atom. The number of hydrogen-bond donors (Lipinski definition) is 1. The van der Waals surface area contributed by atoms with Crippen LogP contribution in [0.5, 0.6) is 0 Å². The lowest BCUT2D eigenvalue weighted by molar-refractivity contribution is 0.0929. The summed E-state index contributed by atoms with van der Waals surface area (Å²) in [6.07, 6.45) is 4.65. The van der Waals surface area contributed by atoms with Crippen LogP contribution >= 0.6 is 15.9 Å². The van der Waals surface area contributed by atoms with Gasteiger partial charge in [-0.2, -0.15) is 0 Å². The number of aromatic nitrogens is 4. The lowest BCUT2D eigenvalue weighted by Crippen LogP contribution is -2.40. The second-order valence-corrected chi connectivity index (χ2v) is 7.34. The third kappa shape index (κ3) is 4.84. The first-order chi connectivity index (χ1) is 10.8. The van der Waals surface area contributed by atoms with Crippen LogP contribution < -0.4 is 5.32 Å². The molecule has 0 saturated carbocycles. The van der Waals surface area contributed by atoms with Gasteiger partial charge in [0, 0.05) is 19.3 Å². The molecular weight excluding hydrogens is 360 g/mol. The fourth-order valence-corrected chi connectivity index (χ4v) is 2.94. The second kappa shape index (κ2) is 7.18. The van der Waals surface area contributed by atoms with Gasteiger partial charge < -0.3 is 10.2 Å². The number of nitrogens with zero attached hydrogens (tertiary/aromatic N) is 5. The number of pyridine rings is 1. The lowest BCUT2D eigenvalue weighted by atomic mass is 9.93. The number of rotatable bonds is 6. The van der Waals surface area contributed by atoms with Crippen LogP contribution in [0.3, 0.4) is 0 Å². The first-order valence-corrected chi connectivity index (χ1v) is 8.01. The molecular formula is C15H21BrN6O. The molecule has 0 radical (unpaired) electrons. The Balaban J connectivity index is 2.05. The summed E-state index contributed by atoms with van der Waals surface area (Å²) >= 11 is 3.43. The van der Waals surface area contributed by atoms with Gasteiger partial charge in [0.15, 0.2) is 5.82 Å². The molecule has 0 saturated heterocycles. The van der Waals surface area contributed by atoms with Crippen LogP contribution in [0.1, 0.15) is 24.2 Å². The predicted molar refractivity (Wildman–Crippen MR) is 91.5 cm³/mol. The van der Waals surface area contributed by atoms with Crippen LogP contribution in [0.4, 0.5) is 0 Å². The largest absolute Gasteiger partial charge is 0.351 e. The summed E-state index contributed by atoms with van der Waals surface area (Å²) in [7, 11) is 4.04. The zero-order chi connectivity index (χ0) is 17.0. The van der Waals surface area contributed by atoms with E-state index in [9.17, 15) is 4.79 Å². The van der Waals surface area contributed by atoms with Crippen molar-refractivity contribution < 1.29 is 4.79 Å². The third-order valence-electron chi connectivity index (χ3n) is 3.22. The molecule has 0 aromatic carbocycles. The van der Waals surface area contributed by atoms with E-state index in [1.165, 1.54) is 0 Å². The van der Waals surface area contributed by atoms with Crippen LogP contribution in [0.25, 0.3) is 5.82 Å². The van der Waals surface area contributed by atoms with E-state index in [-0.39, 0.29) is 11.3 Å². The fraction of sp³-hybridized carbons (Fsp3) is 0.467. The van der Waals surface area contributed by atoms with Gasteiger partial charge in [-0.3, -0.25) is 9.36 Å². The van der Waals surface area contributed by atoms with E-state index in [1.54, 1.807) is 29.5 Å². The summed E-state index contributed by atoms with van der Waals surface area (Å²) in [5, 5.41) is 10.5. The zero-order valence-electron chi connectivity index (χ0n) is 13.7.